The minimum absolute atomic E-state index is 0.152. The molecule has 1 aliphatic carbocycles. The third-order valence-electron chi connectivity index (χ3n) is 3.56. The van der Waals surface area contributed by atoms with Gasteiger partial charge in [-0.15, -0.1) is 0 Å². The second-order valence-corrected chi connectivity index (χ2v) is 6.23. The van der Waals surface area contributed by atoms with Crippen molar-refractivity contribution in [2.45, 2.75) is 65.5 Å². The summed E-state index contributed by atoms with van der Waals surface area (Å²) in [5, 5.41) is 3.48. The van der Waals surface area contributed by atoms with Crippen LogP contribution in [0.4, 0.5) is 0 Å². The van der Waals surface area contributed by atoms with Gasteiger partial charge in [-0.2, -0.15) is 0 Å². The van der Waals surface area contributed by atoms with Crippen LogP contribution in [-0.4, -0.2) is 15.5 Å². The summed E-state index contributed by atoms with van der Waals surface area (Å²) >= 11 is 0. The quantitative estimate of drug-likeness (QED) is 0.846. The van der Waals surface area contributed by atoms with Crippen LogP contribution < -0.4 is 5.32 Å². The summed E-state index contributed by atoms with van der Waals surface area (Å²) in [6.07, 6.45) is 4.93. The van der Waals surface area contributed by atoms with Crippen LogP contribution in [0.2, 0.25) is 0 Å². The molecule has 1 aliphatic rings. The number of H-pyrrole nitrogens is 1. The molecule has 1 heterocycles. The van der Waals surface area contributed by atoms with Crippen LogP contribution in [0, 0.1) is 5.92 Å². The molecular weight excluding hydrogens is 210 g/mol. The summed E-state index contributed by atoms with van der Waals surface area (Å²) in [6.45, 7) is 9.68. The van der Waals surface area contributed by atoms with Crippen molar-refractivity contribution in [1.82, 2.24) is 15.3 Å². The Morgan fingerprint density at radius 2 is 2.18 bits per heavy atom. The van der Waals surface area contributed by atoms with E-state index in [0.717, 1.165) is 24.7 Å². The number of imidazole rings is 1. The van der Waals surface area contributed by atoms with Gasteiger partial charge in [0.05, 0.1) is 12.2 Å². The third kappa shape index (κ3) is 3.32. The molecule has 3 heteroatoms. The van der Waals surface area contributed by atoms with Gasteiger partial charge in [0.25, 0.3) is 0 Å². The summed E-state index contributed by atoms with van der Waals surface area (Å²) in [7, 11) is 0. The molecule has 96 valence electrons. The van der Waals surface area contributed by atoms with E-state index in [9.17, 15) is 0 Å². The SMILES string of the molecule is CCC1CCc2nc(CNC(C)(C)C)[nH]c2C1. The highest BCUT2D eigenvalue weighted by atomic mass is 15.0. The first kappa shape index (κ1) is 12.6. The van der Waals surface area contributed by atoms with Gasteiger partial charge in [0, 0.05) is 11.2 Å². The molecule has 0 amide bonds. The molecule has 2 rings (SSSR count). The lowest BCUT2D eigenvalue weighted by Gasteiger charge is -2.19. The van der Waals surface area contributed by atoms with Crippen LogP contribution in [0.15, 0.2) is 0 Å². The van der Waals surface area contributed by atoms with Gasteiger partial charge in [0.15, 0.2) is 0 Å². The number of aromatic amines is 1. The molecular formula is C14H25N3. The van der Waals surface area contributed by atoms with Crippen LogP contribution >= 0.6 is 0 Å². The maximum Gasteiger partial charge on any atom is 0.120 e. The minimum Gasteiger partial charge on any atom is -0.345 e. The van der Waals surface area contributed by atoms with Gasteiger partial charge in [-0.3, -0.25) is 0 Å². The lowest BCUT2D eigenvalue weighted by atomic mass is 9.88. The molecule has 2 N–H and O–H groups in total. The van der Waals surface area contributed by atoms with E-state index in [0.29, 0.717) is 0 Å². The first-order valence-corrected chi connectivity index (χ1v) is 6.79. The summed E-state index contributed by atoms with van der Waals surface area (Å²) in [4.78, 5) is 8.20. The zero-order valence-corrected chi connectivity index (χ0v) is 11.6. The largest absolute Gasteiger partial charge is 0.345 e. The zero-order valence-electron chi connectivity index (χ0n) is 11.6. The number of fused-ring (bicyclic) bond motifs is 1. The Hall–Kier alpha value is -0.830. The normalized spacial score (nSPS) is 20.4. The van der Waals surface area contributed by atoms with Crippen molar-refractivity contribution in [3.63, 3.8) is 0 Å². The summed E-state index contributed by atoms with van der Waals surface area (Å²) in [6, 6.07) is 0. The van der Waals surface area contributed by atoms with Crippen molar-refractivity contribution in [3.8, 4) is 0 Å². The average molecular weight is 235 g/mol. The van der Waals surface area contributed by atoms with Crippen molar-refractivity contribution in [1.29, 1.82) is 0 Å². The molecule has 0 fully saturated rings. The second kappa shape index (κ2) is 4.81. The Morgan fingerprint density at radius 1 is 1.41 bits per heavy atom. The predicted octanol–water partition coefficient (Wildman–Crippen LogP) is 2.81. The molecule has 0 aliphatic heterocycles. The molecule has 1 atom stereocenters. The predicted molar refractivity (Wildman–Crippen MR) is 71.0 cm³/mol. The first-order chi connectivity index (χ1) is 7.98. The molecule has 1 unspecified atom stereocenters. The molecule has 0 saturated heterocycles. The van der Waals surface area contributed by atoms with E-state index >= 15 is 0 Å². The van der Waals surface area contributed by atoms with Crippen LogP contribution in [-0.2, 0) is 19.4 Å². The average Bonchev–Trinajstić information content (AvgIpc) is 2.66. The minimum atomic E-state index is 0.152. The maximum absolute atomic E-state index is 4.70. The second-order valence-electron chi connectivity index (χ2n) is 6.23. The van der Waals surface area contributed by atoms with Gasteiger partial charge in [0.2, 0.25) is 0 Å². The van der Waals surface area contributed by atoms with Gasteiger partial charge in [0.1, 0.15) is 5.82 Å². The Morgan fingerprint density at radius 3 is 2.82 bits per heavy atom. The van der Waals surface area contributed by atoms with E-state index in [-0.39, 0.29) is 5.54 Å². The van der Waals surface area contributed by atoms with Crippen molar-refractivity contribution in [2.75, 3.05) is 0 Å². The topological polar surface area (TPSA) is 40.7 Å². The van der Waals surface area contributed by atoms with Crippen molar-refractivity contribution >= 4 is 0 Å². The summed E-state index contributed by atoms with van der Waals surface area (Å²) in [5.74, 6) is 1.95. The number of aryl methyl sites for hydroxylation is 1. The van der Waals surface area contributed by atoms with Crippen molar-refractivity contribution < 1.29 is 0 Å². The fourth-order valence-electron chi connectivity index (χ4n) is 2.39. The number of aromatic nitrogens is 2. The van der Waals surface area contributed by atoms with Crippen molar-refractivity contribution in [3.05, 3.63) is 17.2 Å². The van der Waals surface area contributed by atoms with E-state index in [1.165, 1.54) is 30.7 Å². The summed E-state index contributed by atoms with van der Waals surface area (Å²) < 4.78 is 0. The number of hydrogen-bond acceptors (Lipinski definition) is 2. The molecule has 1 aromatic rings. The monoisotopic (exact) mass is 235 g/mol. The lowest BCUT2D eigenvalue weighted by Crippen LogP contribution is -2.35. The maximum atomic E-state index is 4.70. The molecule has 3 nitrogen and oxygen atoms in total. The zero-order chi connectivity index (χ0) is 12.5. The highest BCUT2D eigenvalue weighted by Gasteiger charge is 2.21. The highest BCUT2D eigenvalue weighted by Crippen LogP contribution is 2.25. The van der Waals surface area contributed by atoms with E-state index in [1.807, 2.05) is 0 Å². The molecule has 0 bridgehead atoms. The number of nitrogens with one attached hydrogen (secondary N) is 2. The van der Waals surface area contributed by atoms with E-state index in [1.54, 1.807) is 0 Å². The van der Waals surface area contributed by atoms with E-state index in [2.05, 4.69) is 38.0 Å². The van der Waals surface area contributed by atoms with Crippen LogP contribution in [0.3, 0.4) is 0 Å². The molecule has 17 heavy (non-hydrogen) atoms. The van der Waals surface area contributed by atoms with Crippen LogP contribution in [0.25, 0.3) is 0 Å². The Bertz CT molecular complexity index is 373. The van der Waals surface area contributed by atoms with E-state index in [4.69, 9.17) is 4.98 Å². The standard InChI is InChI=1S/C14H25N3/c1-5-10-6-7-11-12(8-10)17-13(16-11)9-15-14(2,3)4/h10,15H,5-9H2,1-4H3,(H,16,17). The first-order valence-electron chi connectivity index (χ1n) is 6.79. The van der Waals surface area contributed by atoms with Crippen LogP contribution in [0.5, 0.6) is 0 Å². The number of rotatable bonds is 3. The fourth-order valence-corrected chi connectivity index (χ4v) is 2.39. The van der Waals surface area contributed by atoms with Gasteiger partial charge in [-0.05, 0) is 46.0 Å². The van der Waals surface area contributed by atoms with E-state index < -0.39 is 0 Å². The van der Waals surface area contributed by atoms with Gasteiger partial charge in [-0.1, -0.05) is 13.3 Å². The third-order valence-corrected chi connectivity index (χ3v) is 3.56. The smallest absolute Gasteiger partial charge is 0.120 e. The van der Waals surface area contributed by atoms with Gasteiger partial charge in [-0.25, -0.2) is 4.98 Å². The Labute approximate surface area is 104 Å². The molecule has 1 aromatic heterocycles. The van der Waals surface area contributed by atoms with Crippen LogP contribution in [0.1, 0.15) is 57.7 Å². The molecule has 0 radical (unpaired) electrons. The highest BCUT2D eigenvalue weighted by molar-refractivity contribution is 5.18. The number of nitrogens with zero attached hydrogens (tertiary/aromatic N) is 1. The molecule has 0 spiro atoms. The lowest BCUT2D eigenvalue weighted by molar-refractivity contribution is 0.418. The van der Waals surface area contributed by atoms with Gasteiger partial charge >= 0.3 is 0 Å². The summed E-state index contributed by atoms with van der Waals surface area (Å²) in [5.41, 5.74) is 2.84. The number of hydrogen-bond donors (Lipinski definition) is 2. The van der Waals surface area contributed by atoms with Gasteiger partial charge < -0.3 is 10.3 Å². The Balaban J connectivity index is 2.00. The molecule has 0 aromatic carbocycles. The molecule has 0 saturated carbocycles. The fraction of sp³-hybridized carbons (Fsp3) is 0.786. The van der Waals surface area contributed by atoms with Crippen molar-refractivity contribution in [2.24, 2.45) is 5.92 Å². The Kier molecular flexibility index (Phi) is 3.57.